The average Bonchev–Trinajstić information content (AvgIpc) is 3.21. The van der Waals surface area contributed by atoms with Gasteiger partial charge in [0.25, 0.3) is 11.8 Å². The van der Waals surface area contributed by atoms with Gasteiger partial charge in [-0.1, -0.05) is 0 Å². The van der Waals surface area contributed by atoms with Crippen molar-refractivity contribution in [2.75, 3.05) is 5.32 Å². The lowest BCUT2D eigenvalue weighted by Gasteiger charge is -2.11. The van der Waals surface area contributed by atoms with E-state index in [4.69, 9.17) is 5.26 Å². The van der Waals surface area contributed by atoms with Gasteiger partial charge in [-0.15, -0.1) is 10.2 Å². The number of tetrazole rings is 1. The lowest BCUT2D eigenvalue weighted by Crippen LogP contribution is -2.31. The lowest BCUT2D eigenvalue weighted by atomic mass is 10.1. The van der Waals surface area contributed by atoms with E-state index >= 15 is 0 Å². The topological polar surface area (TPSA) is 128 Å². The highest BCUT2D eigenvalue weighted by Gasteiger charge is 2.44. The first-order valence-corrected chi connectivity index (χ1v) is 7.31. The molecule has 0 saturated heterocycles. The van der Waals surface area contributed by atoms with Crippen LogP contribution >= 0.6 is 0 Å². The number of aromatic amines is 1. The molecule has 9 heteroatoms. The Morgan fingerprint density at radius 3 is 2.79 bits per heavy atom. The van der Waals surface area contributed by atoms with Crippen LogP contribution in [0.2, 0.25) is 0 Å². The van der Waals surface area contributed by atoms with Crippen LogP contribution in [0.15, 0.2) is 24.4 Å². The van der Waals surface area contributed by atoms with Crippen LogP contribution < -0.4 is 5.32 Å². The maximum atomic E-state index is 12.4. The summed E-state index contributed by atoms with van der Waals surface area (Å²) >= 11 is 0. The molecule has 1 aromatic heterocycles. The fourth-order valence-corrected chi connectivity index (χ4v) is 2.59. The number of nitrogens with one attached hydrogen (secondary N) is 2. The maximum absolute atomic E-state index is 12.4. The number of aromatic nitrogens is 4. The summed E-state index contributed by atoms with van der Waals surface area (Å²) in [5, 5.41) is 25.2. The molecular weight excluding hydrogens is 310 g/mol. The molecule has 24 heavy (non-hydrogen) atoms. The third-order valence-corrected chi connectivity index (χ3v) is 3.92. The number of allylic oxidation sites excluding steroid dienone is 1. The van der Waals surface area contributed by atoms with Gasteiger partial charge in [-0.05, 0) is 36.3 Å². The Morgan fingerprint density at radius 2 is 2.12 bits per heavy atom. The van der Waals surface area contributed by atoms with E-state index in [1.807, 2.05) is 6.07 Å². The Labute approximate surface area is 136 Å². The zero-order chi connectivity index (χ0) is 16.7. The van der Waals surface area contributed by atoms with Crippen molar-refractivity contribution < 1.29 is 9.59 Å². The van der Waals surface area contributed by atoms with E-state index in [0.29, 0.717) is 16.8 Å². The molecule has 4 rings (SSSR count). The lowest BCUT2D eigenvalue weighted by molar-refractivity contribution is 0.0642. The van der Waals surface area contributed by atoms with Crippen LogP contribution in [0.1, 0.15) is 39.4 Å². The van der Waals surface area contributed by atoms with Gasteiger partial charge in [-0.25, -0.2) is 0 Å². The summed E-state index contributed by atoms with van der Waals surface area (Å²) in [5.74, 6) is -0.328. The largest absolute Gasteiger partial charge is 0.360 e. The van der Waals surface area contributed by atoms with Crippen LogP contribution in [0.4, 0.5) is 5.69 Å². The minimum absolute atomic E-state index is 0.0390. The number of carbonyl (C=O) groups excluding carboxylic acids is 2. The highest BCUT2D eigenvalue weighted by molar-refractivity contribution is 6.22. The molecule has 0 unspecified atom stereocenters. The van der Waals surface area contributed by atoms with Gasteiger partial charge in [0.15, 0.2) is 0 Å². The van der Waals surface area contributed by atoms with Gasteiger partial charge in [0.1, 0.15) is 11.6 Å². The fraction of sp³-hybridized carbons (Fsp3) is 0.200. The van der Waals surface area contributed by atoms with E-state index in [0.717, 1.165) is 12.8 Å². The molecule has 0 atom stereocenters. The number of nitriles is 1. The van der Waals surface area contributed by atoms with Crippen molar-refractivity contribution in [2.24, 2.45) is 0 Å². The summed E-state index contributed by atoms with van der Waals surface area (Å²) in [6, 6.07) is 6.91. The van der Waals surface area contributed by atoms with E-state index in [1.54, 1.807) is 18.2 Å². The number of hydrogen-bond acceptors (Lipinski definition) is 7. The second-order valence-corrected chi connectivity index (χ2v) is 5.52. The molecule has 9 nitrogen and oxygen atoms in total. The molecule has 0 bridgehead atoms. The second kappa shape index (κ2) is 5.27. The second-order valence-electron chi connectivity index (χ2n) is 5.52. The molecule has 0 spiro atoms. The maximum Gasteiger partial charge on any atom is 0.261 e. The van der Waals surface area contributed by atoms with Crippen LogP contribution in [0, 0.1) is 11.3 Å². The van der Waals surface area contributed by atoms with Gasteiger partial charge in [0, 0.05) is 17.9 Å². The van der Waals surface area contributed by atoms with Gasteiger partial charge in [-0.2, -0.15) is 10.5 Å². The number of hydrogen-bond donors (Lipinski definition) is 2. The van der Waals surface area contributed by atoms with Gasteiger partial charge in [-0.3, -0.25) is 14.5 Å². The van der Waals surface area contributed by atoms with Crippen molar-refractivity contribution in [3.63, 3.8) is 0 Å². The standard InChI is InChI=1S/C15H11N7O2/c16-6-8(13-18-20-21-19-13)7-17-9-1-4-11-12(5-9)15(24)22(14(11)23)10-2-3-10/h1,4-5,7,10,17H,2-3H2,(H,18,19,20,21). The van der Waals surface area contributed by atoms with Crippen molar-refractivity contribution in [2.45, 2.75) is 18.9 Å². The van der Waals surface area contributed by atoms with Crippen LogP contribution in [-0.2, 0) is 0 Å². The monoisotopic (exact) mass is 321 g/mol. The van der Waals surface area contributed by atoms with E-state index < -0.39 is 0 Å². The Bertz CT molecular complexity index is 906. The molecule has 1 aliphatic heterocycles. The van der Waals surface area contributed by atoms with Crippen molar-refractivity contribution in [1.82, 2.24) is 25.5 Å². The van der Waals surface area contributed by atoms with E-state index in [-0.39, 0.29) is 29.3 Å². The summed E-state index contributed by atoms with van der Waals surface area (Å²) in [6.45, 7) is 0. The molecular formula is C15H11N7O2. The third-order valence-electron chi connectivity index (χ3n) is 3.92. The fourth-order valence-electron chi connectivity index (χ4n) is 2.59. The number of H-pyrrole nitrogens is 1. The summed E-state index contributed by atoms with van der Waals surface area (Å²) in [7, 11) is 0. The van der Waals surface area contributed by atoms with Crippen molar-refractivity contribution >= 4 is 23.1 Å². The quantitative estimate of drug-likeness (QED) is 0.633. The van der Waals surface area contributed by atoms with Gasteiger partial charge < -0.3 is 5.32 Å². The molecule has 1 saturated carbocycles. The van der Waals surface area contributed by atoms with Crippen molar-refractivity contribution in [1.29, 1.82) is 5.26 Å². The van der Waals surface area contributed by atoms with Crippen molar-refractivity contribution in [3.05, 3.63) is 41.4 Å². The number of anilines is 1. The first-order chi connectivity index (χ1) is 11.7. The Kier molecular flexibility index (Phi) is 3.09. The number of carbonyl (C=O) groups is 2. The van der Waals surface area contributed by atoms with Gasteiger partial charge in [0.05, 0.1) is 11.1 Å². The summed E-state index contributed by atoms with van der Waals surface area (Å²) < 4.78 is 0. The van der Waals surface area contributed by atoms with E-state index in [1.165, 1.54) is 11.1 Å². The molecule has 2 amide bonds. The Balaban J connectivity index is 1.60. The number of benzene rings is 1. The highest BCUT2D eigenvalue weighted by atomic mass is 16.2. The summed E-state index contributed by atoms with van der Waals surface area (Å²) in [5.41, 5.74) is 1.57. The predicted octanol–water partition coefficient (Wildman–Crippen LogP) is 0.935. The number of fused-ring (bicyclic) bond motifs is 1. The number of nitrogens with zero attached hydrogens (tertiary/aromatic N) is 5. The van der Waals surface area contributed by atoms with Gasteiger partial charge >= 0.3 is 0 Å². The zero-order valence-electron chi connectivity index (χ0n) is 12.4. The predicted molar refractivity (Wildman–Crippen MR) is 81.4 cm³/mol. The SMILES string of the molecule is N#CC(=CNc1ccc2c(c1)C(=O)N(C1CC1)C2=O)c1nn[nH]n1. The molecule has 1 aliphatic carbocycles. The normalized spacial score (nSPS) is 17.0. The van der Waals surface area contributed by atoms with Crippen LogP contribution in [0.3, 0.4) is 0 Å². The molecule has 2 aliphatic rings. The first-order valence-electron chi connectivity index (χ1n) is 7.31. The minimum atomic E-state index is -0.260. The molecule has 1 fully saturated rings. The molecule has 1 aromatic carbocycles. The van der Waals surface area contributed by atoms with E-state index in [2.05, 4.69) is 25.9 Å². The minimum Gasteiger partial charge on any atom is -0.360 e. The molecule has 2 N–H and O–H groups in total. The van der Waals surface area contributed by atoms with Crippen LogP contribution in [-0.4, -0.2) is 43.4 Å². The first kappa shape index (κ1) is 14.1. The van der Waals surface area contributed by atoms with Crippen molar-refractivity contribution in [3.8, 4) is 6.07 Å². The molecule has 2 aromatic rings. The highest BCUT2D eigenvalue weighted by Crippen LogP contribution is 2.35. The average molecular weight is 321 g/mol. The zero-order valence-corrected chi connectivity index (χ0v) is 12.4. The van der Waals surface area contributed by atoms with Crippen LogP contribution in [0.25, 0.3) is 5.57 Å². The number of rotatable bonds is 4. The summed E-state index contributed by atoms with van der Waals surface area (Å²) in [6.07, 6.45) is 3.16. The molecule has 0 radical (unpaired) electrons. The number of amides is 2. The Morgan fingerprint density at radius 1 is 1.33 bits per heavy atom. The molecule has 2 heterocycles. The molecule has 118 valence electrons. The smallest absolute Gasteiger partial charge is 0.261 e. The Hall–Kier alpha value is -3.54. The van der Waals surface area contributed by atoms with Gasteiger partial charge in [0.2, 0.25) is 5.82 Å². The van der Waals surface area contributed by atoms with Crippen LogP contribution in [0.5, 0.6) is 0 Å². The van der Waals surface area contributed by atoms with E-state index in [9.17, 15) is 9.59 Å². The number of imide groups is 1. The third kappa shape index (κ3) is 2.21. The summed E-state index contributed by atoms with van der Waals surface area (Å²) in [4.78, 5) is 26.0.